The largest absolute Gasteiger partial charge is 0.366 e. The van der Waals surface area contributed by atoms with Crippen molar-refractivity contribution in [3.63, 3.8) is 0 Å². The van der Waals surface area contributed by atoms with Crippen LogP contribution in [-0.2, 0) is 6.54 Å². The summed E-state index contributed by atoms with van der Waals surface area (Å²) < 4.78 is 1.25. The van der Waals surface area contributed by atoms with Crippen LogP contribution in [0.15, 0.2) is 48.5 Å². The number of fused-ring (bicyclic) bond motifs is 1. The molecule has 2 aromatic carbocycles. The summed E-state index contributed by atoms with van der Waals surface area (Å²) in [4.78, 5) is 14.2. The second-order valence-electron chi connectivity index (χ2n) is 4.74. The fourth-order valence-corrected chi connectivity index (χ4v) is 2.81. The van der Waals surface area contributed by atoms with Crippen LogP contribution in [0.1, 0.15) is 22.3 Å². The number of anilines is 1. The minimum atomic E-state index is 0.259. The Morgan fingerprint density at radius 1 is 1.05 bits per heavy atom. The number of benzene rings is 2. The molecule has 0 fully saturated rings. The lowest BCUT2D eigenvalue weighted by atomic mass is 10.00. The molecule has 0 aliphatic carbocycles. The van der Waals surface area contributed by atoms with Crippen molar-refractivity contribution in [1.29, 1.82) is 0 Å². The molecule has 1 aliphatic rings. The molecular weight excluding hydrogens is 349 g/mol. The molecule has 0 N–H and O–H groups in total. The molecule has 0 bridgehead atoms. The normalized spacial score (nSPS) is 14.4. The van der Waals surface area contributed by atoms with Gasteiger partial charge in [-0.1, -0.05) is 24.3 Å². The predicted molar refractivity (Wildman–Crippen MR) is 85.6 cm³/mol. The summed E-state index contributed by atoms with van der Waals surface area (Å²) in [6.45, 7) is 1.67. The Kier molecular flexibility index (Phi) is 3.55. The van der Waals surface area contributed by atoms with E-state index >= 15 is 0 Å². The van der Waals surface area contributed by atoms with E-state index < -0.39 is 0 Å². The maximum absolute atomic E-state index is 11.9. The van der Waals surface area contributed by atoms with Gasteiger partial charge in [0.05, 0.1) is 0 Å². The first-order chi connectivity index (χ1) is 9.24. The number of rotatable bonds is 2. The Hall–Kier alpha value is -1.36. The number of ketones is 1. The minimum Gasteiger partial charge on any atom is -0.366 e. The summed E-state index contributed by atoms with van der Waals surface area (Å²) in [6.07, 6.45) is 0.612. The topological polar surface area (TPSA) is 20.3 Å². The second-order valence-corrected chi connectivity index (χ2v) is 5.98. The van der Waals surface area contributed by atoms with Crippen molar-refractivity contribution in [2.45, 2.75) is 13.0 Å². The van der Waals surface area contributed by atoms with Crippen LogP contribution >= 0.6 is 22.6 Å². The van der Waals surface area contributed by atoms with Gasteiger partial charge in [0, 0.05) is 34.3 Å². The van der Waals surface area contributed by atoms with Crippen LogP contribution in [0.4, 0.5) is 5.69 Å². The molecule has 3 rings (SSSR count). The fraction of sp³-hybridized carbons (Fsp3) is 0.188. The van der Waals surface area contributed by atoms with Crippen molar-refractivity contribution in [1.82, 2.24) is 0 Å². The summed E-state index contributed by atoms with van der Waals surface area (Å²) in [7, 11) is 0. The zero-order valence-electron chi connectivity index (χ0n) is 10.5. The standard InChI is InChI=1S/C16H14INO/c17-13-7-5-12(6-8-13)11-18-10-9-16(19)14-3-1-2-4-15(14)18/h1-8H,9-11H2. The number of halogens is 1. The molecule has 19 heavy (non-hydrogen) atoms. The monoisotopic (exact) mass is 363 g/mol. The molecule has 3 heteroatoms. The molecule has 0 saturated heterocycles. The smallest absolute Gasteiger partial charge is 0.166 e. The van der Waals surface area contributed by atoms with Crippen molar-refractivity contribution in [3.05, 3.63) is 63.2 Å². The number of carbonyl (C=O) groups is 1. The quantitative estimate of drug-likeness (QED) is 0.755. The number of para-hydroxylation sites is 1. The van der Waals surface area contributed by atoms with Gasteiger partial charge in [0.15, 0.2) is 5.78 Å². The van der Waals surface area contributed by atoms with Gasteiger partial charge in [-0.15, -0.1) is 0 Å². The van der Waals surface area contributed by atoms with E-state index in [0.29, 0.717) is 6.42 Å². The summed E-state index contributed by atoms with van der Waals surface area (Å²) in [6, 6.07) is 16.5. The van der Waals surface area contributed by atoms with Crippen LogP contribution < -0.4 is 4.90 Å². The maximum Gasteiger partial charge on any atom is 0.166 e. The Bertz CT molecular complexity index is 606. The van der Waals surface area contributed by atoms with Gasteiger partial charge in [0.2, 0.25) is 0 Å². The van der Waals surface area contributed by atoms with Crippen LogP contribution in [0.25, 0.3) is 0 Å². The first kappa shape index (κ1) is 12.7. The molecule has 0 atom stereocenters. The average Bonchev–Trinajstić information content (AvgIpc) is 2.45. The lowest BCUT2D eigenvalue weighted by Gasteiger charge is -2.30. The van der Waals surface area contributed by atoms with Crippen molar-refractivity contribution in [2.24, 2.45) is 0 Å². The number of Topliss-reactive ketones (excluding diaryl/α,β-unsaturated/α-hetero) is 1. The molecule has 96 valence electrons. The highest BCUT2D eigenvalue weighted by Gasteiger charge is 2.22. The van der Waals surface area contributed by atoms with E-state index in [1.807, 2.05) is 24.3 Å². The van der Waals surface area contributed by atoms with Gasteiger partial charge in [0.1, 0.15) is 0 Å². The van der Waals surface area contributed by atoms with Crippen LogP contribution in [0.3, 0.4) is 0 Å². The van der Waals surface area contributed by atoms with E-state index in [9.17, 15) is 4.79 Å². The van der Waals surface area contributed by atoms with E-state index in [0.717, 1.165) is 24.3 Å². The van der Waals surface area contributed by atoms with Crippen LogP contribution in [-0.4, -0.2) is 12.3 Å². The summed E-state index contributed by atoms with van der Waals surface area (Å²) >= 11 is 2.31. The Labute approximate surface area is 126 Å². The van der Waals surface area contributed by atoms with E-state index in [1.165, 1.54) is 9.13 Å². The highest BCUT2D eigenvalue weighted by Crippen LogP contribution is 2.28. The van der Waals surface area contributed by atoms with E-state index in [-0.39, 0.29) is 5.78 Å². The van der Waals surface area contributed by atoms with E-state index in [4.69, 9.17) is 0 Å². The molecule has 0 amide bonds. The first-order valence-electron chi connectivity index (χ1n) is 6.35. The van der Waals surface area contributed by atoms with Crippen molar-refractivity contribution < 1.29 is 4.79 Å². The maximum atomic E-state index is 11.9. The van der Waals surface area contributed by atoms with Crippen molar-refractivity contribution >= 4 is 34.1 Å². The molecule has 0 spiro atoms. The molecule has 0 radical (unpaired) electrons. The van der Waals surface area contributed by atoms with Crippen molar-refractivity contribution in [3.8, 4) is 0 Å². The molecule has 0 unspecified atom stereocenters. The van der Waals surface area contributed by atoms with Gasteiger partial charge < -0.3 is 4.90 Å². The number of carbonyl (C=O) groups excluding carboxylic acids is 1. The van der Waals surface area contributed by atoms with Gasteiger partial charge >= 0.3 is 0 Å². The van der Waals surface area contributed by atoms with Gasteiger partial charge in [-0.25, -0.2) is 0 Å². The first-order valence-corrected chi connectivity index (χ1v) is 7.43. The third-order valence-electron chi connectivity index (χ3n) is 3.44. The zero-order chi connectivity index (χ0) is 13.2. The third kappa shape index (κ3) is 2.66. The second kappa shape index (κ2) is 5.33. The van der Waals surface area contributed by atoms with Crippen molar-refractivity contribution in [2.75, 3.05) is 11.4 Å². The Balaban J connectivity index is 1.88. The number of nitrogens with zero attached hydrogens (tertiary/aromatic N) is 1. The zero-order valence-corrected chi connectivity index (χ0v) is 12.6. The third-order valence-corrected chi connectivity index (χ3v) is 4.16. The van der Waals surface area contributed by atoms with Gasteiger partial charge in [-0.2, -0.15) is 0 Å². The highest BCUT2D eigenvalue weighted by atomic mass is 127. The summed E-state index contributed by atoms with van der Waals surface area (Å²) in [5, 5.41) is 0. The molecular formula is C16H14INO. The SMILES string of the molecule is O=C1CCN(Cc2ccc(I)cc2)c2ccccc21. The molecule has 1 aliphatic heterocycles. The van der Waals surface area contributed by atoms with Crippen LogP contribution in [0.2, 0.25) is 0 Å². The minimum absolute atomic E-state index is 0.259. The molecule has 0 aromatic heterocycles. The Morgan fingerprint density at radius 3 is 2.58 bits per heavy atom. The number of hydrogen-bond donors (Lipinski definition) is 0. The van der Waals surface area contributed by atoms with Crippen LogP contribution in [0, 0.1) is 3.57 Å². The molecule has 0 saturated carbocycles. The molecule has 2 aromatic rings. The predicted octanol–water partition coefficient (Wildman–Crippen LogP) is 3.88. The van der Waals surface area contributed by atoms with Gasteiger partial charge in [0.25, 0.3) is 0 Å². The van der Waals surface area contributed by atoms with Gasteiger partial charge in [-0.05, 0) is 52.4 Å². The highest BCUT2D eigenvalue weighted by molar-refractivity contribution is 14.1. The van der Waals surface area contributed by atoms with Crippen LogP contribution in [0.5, 0.6) is 0 Å². The average molecular weight is 363 g/mol. The summed E-state index contributed by atoms with van der Waals surface area (Å²) in [5.41, 5.74) is 3.21. The fourth-order valence-electron chi connectivity index (χ4n) is 2.45. The van der Waals surface area contributed by atoms with E-state index in [1.54, 1.807) is 0 Å². The van der Waals surface area contributed by atoms with E-state index in [2.05, 4.69) is 51.8 Å². The lowest BCUT2D eigenvalue weighted by molar-refractivity contribution is 0.0979. The lowest BCUT2D eigenvalue weighted by Crippen LogP contribution is -2.31. The van der Waals surface area contributed by atoms with Gasteiger partial charge in [-0.3, -0.25) is 4.79 Å². The molecule has 1 heterocycles. The summed E-state index contributed by atoms with van der Waals surface area (Å²) in [5.74, 6) is 0.259. The number of hydrogen-bond acceptors (Lipinski definition) is 2. The molecule has 2 nitrogen and oxygen atoms in total. The Morgan fingerprint density at radius 2 is 1.79 bits per heavy atom.